The number of sulfonamides is 1. The molecular formula is C14H23N3O3S. The average Bonchev–Trinajstić information content (AvgIpc) is 2.44. The first kappa shape index (κ1) is 17.6. The molecule has 1 rings (SSSR count). The lowest BCUT2D eigenvalue weighted by Crippen LogP contribution is -2.28. The Morgan fingerprint density at radius 1 is 1.14 bits per heavy atom. The predicted molar refractivity (Wildman–Crippen MR) is 82.3 cm³/mol. The summed E-state index contributed by atoms with van der Waals surface area (Å²) in [5, 5.41) is 11.0. The average molecular weight is 313 g/mol. The highest BCUT2D eigenvalue weighted by Crippen LogP contribution is 2.08. The second-order valence-electron chi connectivity index (χ2n) is 4.79. The molecule has 0 bridgehead atoms. The maximum absolute atomic E-state index is 11.3. The van der Waals surface area contributed by atoms with Crippen LogP contribution < -0.4 is 15.8 Å². The summed E-state index contributed by atoms with van der Waals surface area (Å²) < 4.78 is 22.2. The summed E-state index contributed by atoms with van der Waals surface area (Å²) >= 11 is 0. The molecule has 6 nitrogen and oxygen atoms in total. The Hall–Kier alpha value is -1.44. The van der Waals surface area contributed by atoms with E-state index >= 15 is 0 Å². The molecule has 0 saturated carbocycles. The maximum atomic E-state index is 11.3. The number of rotatable bonds is 9. The van der Waals surface area contributed by atoms with Crippen LogP contribution in [-0.2, 0) is 21.2 Å². The molecule has 0 aromatic heterocycles. The predicted octanol–water partition coefficient (Wildman–Crippen LogP) is 0.382. The van der Waals surface area contributed by atoms with Crippen molar-refractivity contribution in [2.45, 2.75) is 31.1 Å². The van der Waals surface area contributed by atoms with Crippen molar-refractivity contribution in [2.75, 3.05) is 19.6 Å². The molecule has 1 aromatic carbocycles. The highest BCUT2D eigenvalue weighted by molar-refractivity contribution is 7.89. The zero-order chi connectivity index (χ0) is 15.7. The fourth-order valence-electron chi connectivity index (χ4n) is 1.76. The van der Waals surface area contributed by atoms with E-state index in [2.05, 4.69) is 10.6 Å². The van der Waals surface area contributed by atoms with Crippen molar-refractivity contribution in [3.05, 3.63) is 29.8 Å². The van der Waals surface area contributed by atoms with Gasteiger partial charge in [0.15, 0.2) is 0 Å². The van der Waals surface area contributed by atoms with E-state index < -0.39 is 10.0 Å². The summed E-state index contributed by atoms with van der Waals surface area (Å²) in [6.45, 7) is 4.09. The van der Waals surface area contributed by atoms with E-state index in [0.717, 1.165) is 31.5 Å². The van der Waals surface area contributed by atoms with Gasteiger partial charge >= 0.3 is 0 Å². The van der Waals surface area contributed by atoms with Crippen LogP contribution in [0.5, 0.6) is 0 Å². The normalized spacial score (nSPS) is 11.3. The Morgan fingerprint density at radius 2 is 1.81 bits per heavy atom. The minimum atomic E-state index is -3.63. The van der Waals surface area contributed by atoms with Gasteiger partial charge in [0, 0.05) is 19.5 Å². The standard InChI is InChI=1S/C14H23N3O3S/c1-2-9-17-14(18)8-11-16-10-7-12-3-5-13(6-4-12)21(15,19)20/h3-6,16H,2,7-11H2,1H3,(H,17,18)(H2,15,19,20). The fraction of sp³-hybridized carbons (Fsp3) is 0.500. The van der Waals surface area contributed by atoms with Crippen LogP contribution in [0.3, 0.4) is 0 Å². The summed E-state index contributed by atoms with van der Waals surface area (Å²) in [6.07, 6.45) is 2.17. The Kier molecular flexibility index (Phi) is 7.35. The lowest BCUT2D eigenvalue weighted by molar-refractivity contribution is -0.120. The van der Waals surface area contributed by atoms with Crippen molar-refractivity contribution >= 4 is 15.9 Å². The van der Waals surface area contributed by atoms with Crippen LogP contribution >= 0.6 is 0 Å². The number of carbonyl (C=O) groups is 1. The van der Waals surface area contributed by atoms with Crippen molar-refractivity contribution in [3.63, 3.8) is 0 Å². The third-order valence-corrected chi connectivity index (χ3v) is 3.87. The van der Waals surface area contributed by atoms with Crippen molar-refractivity contribution < 1.29 is 13.2 Å². The summed E-state index contributed by atoms with van der Waals surface area (Å²) in [6, 6.07) is 6.50. The molecule has 118 valence electrons. The van der Waals surface area contributed by atoms with Gasteiger partial charge in [-0.2, -0.15) is 0 Å². The Balaban J connectivity index is 2.23. The molecule has 0 saturated heterocycles. The van der Waals surface area contributed by atoms with E-state index in [1.165, 1.54) is 12.1 Å². The van der Waals surface area contributed by atoms with Gasteiger partial charge in [-0.25, -0.2) is 13.6 Å². The molecule has 0 aliphatic carbocycles. The van der Waals surface area contributed by atoms with Crippen LogP contribution in [0, 0.1) is 0 Å². The van der Waals surface area contributed by atoms with E-state index in [1.807, 2.05) is 6.92 Å². The maximum Gasteiger partial charge on any atom is 0.238 e. The Bertz CT molecular complexity index is 541. The number of nitrogens with two attached hydrogens (primary N) is 1. The van der Waals surface area contributed by atoms with E-state index in [9.17, 15) is 13.2 Å². The fourth-order valence-corrected chi connectivity index (χ4v) is 2.27. The number of hydrogen-bond acceptors (Lipinski definition) is 4. The van der Waals surface area contributed by atoms with Crippen LogP contribution in [-0.4, -0.2) is 34.0 Å². The molecule has 0 heterocycles. The number of hydrogen-bond donors (Lipinski definition) is 3. The number of benzene rings is 1. The summed E-state index contributed by atoms with van der Waals surface area (Å²) in [5.41, 5.74) is 1.02. The molecule has 0 aliphatic rings. The molecule has 0 radical (unpaired) electrons. The number of primary sulfonamides is 1. The third kappa shape index (κ3) is 7.22. The monoisotopic (exact) mass is 313 g/mol. The lowest BCUT2D eigenvalue weighted by atomic mass is 10.1. The van der Waals surface area contributed by atoms with Crippen molar-refractivity contribution in [2.24, 2.45) is 5.14 Å². The van der Waals surface area contributed by atoms with Crippen molar-refractivity contribution in [1.82, 2.24) is 10.6 Å². The first-order valence-corrected chi connectivity index (χ1v) is 8.57. The van der Waals surface area contributed by atoms with E-state index in [0.29, 0.717) is 13.0 Å². The second kappa shape index (κ2) is 8.76. The summed E-state index contributed by atoms with van der Waals surface area (Å²) in [7, 11) is -3.63. The third-order valence-electron chi connectivity index (χ3n) is 2.94. The molecule has 0 aliphatic heterocycles. The minimum absolute atomic E-state index is 0.0573. The number of nitrogens with one attached hydrogen (secondary N) is 2. The molecule has 0 spiro atoms. The molecule has 21 heavy (non-hydrogen) atoms. The van der Waals surface area contributed by atoms with Crippen molar-refractivity contribution in [1.29, 1.82) is 0 Å². The SMILES string of the molecule is CCCNC(=O)CCNCCc1ccc(S(N)(=O)=O)cc1. The van der Waals surface area contributed by atoms with Gasteiger partial charge in [0.1, 0.15) is 0 Å². The summed E-state index contributed by atoms with van der Waals surface area (Å²) in [5.74, 6) is 0.0573. The molecule has 0 atom stereocenters. The Labute approximate surface area is 126 Å². The van der Waals surface area contributed by atoms with Crippen LogP contribution in [0.2, 0.25) is 0 Å². The zero-order valence-electron chi connectivity index (χ0n) is 12.3. The first-order valence-electron chi connectivity index (χ1n) is 7.02. The van der Waals surface area contributed by atoms with Crippen molar-refractivity contribution in [3.8, 4) is 0 Å². The minimum Gasteiger partial charge on any atom is -0.356 e. The van der Waals surface area contributed by atoms with E-state index in [-0.39, 0.29) is 10.8 Å². The molecule has 1 aromatic rings. The van der Waals surface area contributed by atoms with Crippen LogP contribution in [0.4, 0.5) is 0 Å². The van der Waals surface area contributed by atoms with E-state index in [1.54, 1.807) is 12.1 Å². The van der Waals surface area contributed by atoms with Gasteiger partial charge in [-0.1, -0.05) is 19.1 Å². The summed E-state index contributed by atoms with van der Waals surface area (Å²) in [4.78, 5) is 11.5. The van der Waals surface area contributed by atoms with Crippen LogP contribution in [0.25, 0.3) is 0 Å². The van der Waals surface area contributed by atoms with Gasteiger partial charge in [0.2, 0.25) is 15.9 Å². The molecule has 0 fully saturated rings. The van der Waals surface area contributed by atoms with Gasteiger partial charge in [-0.05, 0) is 37.1 Å². The quantitative estimate of drug-likeness (QED) is 0.574. The topological polar surface area (TPSA) is 101 Å². The molecular weight excluding hydrogens is 290 g/mol. The largest absolute Gasteiger partial charge is 0.356 e. The number of amides is 1. The van der Waals surface area contributed by atoms with Gasteiger partial charge in [-0.15, -0.1) is 0 Å². The van der Waals surface area contributed by atoms with Gasteiger partial charge < -0.3 is 10.6 Å². The molecule has 1 amide bonds. The Morgan fingerprint density at radius 3 is 2.38 bits per heavy atom. The van der Waals surface area contributed by atoms with Gasteiger partial charge in [-0.3, -0.25) is 4.79 Å². The van der Waals surface area contributed by atoms with Gasteiger partial charge in [0.25, 0.3) is 0 Å². The molecule has 4 N–H and O–H groups in total. The highest BCUT2D eigenvalue weighted by Gasteiger charge is 2.06. The smallest absolute Gasteiger partial charge is 0.238 e. The molecule has 0 unspecified atom stereocenters. The van der Waals surface area contributed by atoms with E-state index in [4.69, 9.17) is 5.14 Å². The lowest BCUT2D eigenvalue weighted by Gasteiger charge is -2.06. The first-order chi connectivity index (χ1) is 9.93. The number of carbonyl (C=O) groups excluding carboxylic acids is 1. The van der Waals surface area contributed by atoms with Gasteiger partial charge in [0.05, 0.1) is 4.90 Å². The molecule has 7 heteroatoms. The second-order valence-corrected chi connectivity index (χ2v) is 6.35. The van der Waals surface area contributed by atoms with Crippen LogP contribution in [0.1, 0.15) is 25.3 Å². The zero-order valence-corrected chi connectivity index (χ0v) is 13.1. The highest BCUT2D eigenvalue weighted by atomic mass is 32.2. The van der Waals surface area contributed by atoms with Crippen LogP contribution in [0.15, 0.2) is 29.2 Å².